The van der Waals surface area contributed by atoms with Gasteiger partial charge in [0.2, 0.25) is 5.75 Å². The Morgan fingerprint density at radius 3 is 2.95 bits per heavy atom. The fourth-order valence-electron chi connectivity index (χ4n) is 2.54. The van der Waals surface area contributed by atoms with Crippen LogP contribution in [-0.2, 0) is 4.74 Å². The number of hydrogen-bond acceptors (Lipinski definition) is 6. The monoisotopic (exact) mass is 294 g/mol. The second-order valence-corrected chi connectivity index (χ2v) is 5.38. The average molecular weight is 294 g/mol. The first-order chi connectivity index (χ1) is 10.3. The zero-order valence-electron chi connectivity index (χ0n) is 13.3. The first kappa shape index (κ1) is 15.8. The molecule has 0 saturated carbocycles. The molecule has 0 amide bonds. The van der Waals surface area contributed by atoms with Crippen molar-refractivity contribution in [3.8, 4) is 5.75 Å². The van der Waals surface area contributed by atoms with Gasteiger partial charge in [-0.25, -0.2) is 9.97 Å². The SMILES string of the molecule is CCCNc1ncnc(N(C)CC2CCCCO2)c1OC. The van der Waals surface area contributed by atoms with E-state index in [0.29, 0.717) is 5.75 Å². The predicted octanol–water partition coefficient (Wildman–Crippen LogP) is 2.31. The maximum atomic E-state index is 5.80. The quantitative estimate of drug-likeness (QED) is 0.833. The Kier molecular flexibility index (Phi) is 6.04. The number of aromatic nitrogens is 2. The summed E-state index contributed by atoms with van der Waals surface area (Å²) >= 11 is 0. The highest BCUT2D eigenvalue weighted by molar-refractivity contribution is 5.64. The zero-order chi connectivity index (χ0) is 15.1. The zero-order valence-corrected chi connectivity index (χ0v) is 13.3. The van der Waals surface area contributed by atoms with Gasteiger partial charge in [-0.1, -0.05) is 6.92 Å². The molecule has 1 N–H and O–H groups in total. The standard InChI is InChI=1S/C15H26N4O2/c1-4-8-16-14-13(20-3)15(18-11-17-14)19(2)10-12-7-5-6-9-21-12/h11-12H,4-10H2,1-3H3,(H,16,17,18). The first-order valence-electron chi connectivity index (χ1n) is 7.71. The lowest BCUT2D eigenvalue weighted by molar-refractivity contribution is 0.0215. The largest absolute Gasteiger partial charge is 0.490 e. The van der Waals surface area contributed by atoms with E-state index in [1.54, 1.807) is 13.4 Å². The van der Waals surface area contributed by atoms with E-state index in [4.69, 9.17) is 9.47 Å². The maximum Gasteiger partial charge on any atom is 0.204 e. The molecule has 0 aromatic carbocycles. The third-order valence-electron chi connectivity index (χ3n) is 3.64. The highest BCUT2D eigenvalue weighted by atomic mass is 16.5. The number of likely N-dealkylation sites (N-methyl/N-ethyl adjacent to an activating group) is 1. The number of hydrogen-bond donors (Lipinski definition) is 1. The Labute approximate surface area is 126 Å². The van der Waals surface area contributed by atoms with Crippen molar-refractivity contribution in [3.05, 3.63) is 6.33 Å². The molecule has 6 heteroatoms. The van der Waals surface area contributed by atoms with Gasteiger partial charge in [0.1, 0.15) is 6.33 Å². The summed E-state index contributed by atoms with van der Waals surface area (Å²) in [7, 11) is 3.68. The Bertz CT molecular complexity index is 436. The van der Waals surface area contributed by atoms with E-state index in [-0.39, 0.29) is 6.10 Å². The summed E-state index contributed by atoms with van der Waals surface area (Å²) in [5.74, 6) is 2.25. The van der Waals surface area contributed by atoms with Crippen LogP contribution in [0.3, 0.4) is 0 Å². The molecule has 2 rings (SSSR count). The molecular formula is C15H26N4O2. The van der Waals surface area contributed by atoms with Crippen molar-refractivity contribution in [2.75, 3.05) is 44.1 Å². The van der Waals surface area contributed by atoms with Crippen LogP contribution in [0.1, 0.15) is 32.6 Å². The van der Waals surface area contributed by atoms with Gasteiger partial charge in [0.25, 0.3) is 0 Å². The Hall–Kier alpha value is -1.56. The minimum atomic E-state index is 0.274. The molecule has 1 aromatic rings. The summed E-state index contributed by atoms with van der Waals surface area (Å²) in [5.41, 5.74) is 0. The normalized spacial score (nSPS) is 18.3. The third kappa shape index (κ3) is 4.20. The lowest BCUT2D eigenvalue weighted by Crippen LogP contribution is -2.34. The summed E-state index contributed by atoms with van der Waals surface area (Å²) in [6, 6.07) is 0. The van der Waals surface area contributed by atoms with Crippen LogP contribution in [-0.4, -0.2) is 49.9 Å². The summed E-state index contributed by atoms with van der Waals surface area (Å²) < 4.78 is 11.3. The van der Waals surface area contributed by atoms with Gasteiger partial charge in [-0.2, -0.15) is 0 Å². The molecule has 2 heterocycles. The van der Waals surface area contributed by atoms with Crippen molar-refractivity contribution >= 4 is 11.6 Å². The molecule has 6 nitrogen and oxygen atoms in total. The van der Waals surface area contributed by atoms with Crippen molar-refractivity contribution in [3.63, 3.8) is 0 Å². The number of anilines is 2. The minimum absolute atomic E-state index is 0.274. The number of nitrogens with one attached hydrogen (secondary N) is 1. The van der Waals surface area contributed by atoms with Crippen LogP contribution in [0.5, 0.6) is 5.75 Å². The summed E-state index contributed by atoms with van der Waals surface area (Å²) in [4.78, 5) is 10.7. The van der Waals surface area contributed by atoms with Crippen LogP contribution in [0.2, 0.25) is 0 Å². The predicted molar refractivity (Wildman–Crippen MR) is 84.2 cm³/mol. The summed E-state index contributed by atoms with van der Waals surface area (Å²) in [6.45, 7) is 4.67. The lowest BCUT2D eigenvalue weighted by Gasteiger charge is -2.29. The van der Waals surface area contributed by atoms with Gasteiger partial charge < -0.3 is 19.7 Å². The van der Waals surface area contributed by atoms with Crippen LogP contribution in [0, 0.1) is 0 Å². The first-order valence-corrected chi connectivity index (χ1v) is 7.71. The molecule has 0 spiro atoms. The Morgan fingerprint density at radius 1 is 1.43 bits per heavy atom. The maximum absolute atomic E-state index is 5.80. The molecule has 118 valence electrons. The van der Waals surface area contributed by atoms with E-state index in [1.165, 1.54) is 12.8 Å². The molecular weight excluding hydrogens is 268 g/mol. The van der Waals surface area contributed by atoms with Gasteiger partial charge in [-0.05, 0) is 25.7 Å². The average Bonchev–Trinajstić information content (AvgIpc) is 2.53. The van der Waals surface area contributed by atoms with Crippen molar-refractivity contribution in [2.45, 2.75) is 38.7 Å². The van der Waals surface area contributed by atoms with Gasteiger partial charge in [0, 0.05) is 26.7 Å². The molecule has 0 aliphatic carbocycles. The number of nitrogens with zero attached hydrogens (tertiary/aromatic N) is 3. The van der Waals surface area contributed by atoms with Crippen LogP contribution in [0.15, 0.2) is 6.33 Å². The van der Waals surface area contributed by atoms with Gasteiger partial charge in [0.05, 0.1) is 13.2 Å². The molecule has 1 unspecified atom stereocenters. The van der Waals surface area contributed by atoms with E-state index < -0.39 is 0 Å². The van der Waals surface area contributed by atoms with Crippen LogP contribution in [0.25, 0.3) is 0 Å². The Morgan fingerprint density at radius 2 is 2.29 bits per heavy atom. The minimum Gasteiger partial charge on any atom is -0.490 e. The molecule has 1 atom stereocenters. The van der Waals surface area contributed by atoms with Crippen molar-refractivity contribution in [1.29, 1.82) is 0 Å². The van der Waals surface area contributed by atoms with Crippen molar-refractivity contribution < 1.29 is 9.47 Å². The van der Waals surface area contributed by atoms with E-state index in [2.05, 4.69) is 27.1 Å². The van der Waals surface area contributed by atoms with Crippen molar-refractivity contribution in [2.24, 2.45) is 0 Å². The van der Waals surface area contributed by atoms with E-state index in [1.807, 2.05) is 7.05 Å². The second-order valence-electron chi connectivity index (χ2n) is 5.38. The van der Waals surface area contributed by atoms with Crippen LogP contribution in [0.4, 0.5) is 11.6 Å². The molecule has 0 radical (unpaired) electrons. The number of ether oxygens (including phenoxy) is 2. The number of methoxy groups -OCH3 is 1. The van der Waals surface area contributed by atoms with E-state index in [9.17, 15) is 0 Å². The van der Waals surface area contributed by atoms with Crippen LogP contribution >= 0.6 is 0 Å². The van der Waals surface area contributed by atoms with Crippen molar-refractivity contribution in [1.82, 2.24) is 9.97 Å². The molecule has 1 saturated heterocycles. The molecule has 1 fully saturated rings. The van der Waals surface area contributed by atoms with Crippen LogP contribution < -0.4 is 15.0 Å². The molecule has 21 heavy (non-hydrogen) atoms. The second kappa shape index (κ2) is 8.02. The van der Waals surface area contributed by atoms with Gasteiger partial charge in [-0.15, -0.1) is 0 Å². The molecule has 0 bridgehead atoms. The van der Waals surface area contributed by atoms with E-state index in [0.717, 1.165) is 44.2 Å². The Balaban J connectivity index is 2.09. The third-order valence-corrected chi connectivity index (χ3v) is 3.64. The fourth-order valence-corrected chi connectivity index (χ4v) is 2.54. The fraction of sp³-hybridized carbons (Fsp3) is 0.733. The number of rotatable bonds is 7. The smallest absolute Gasteiger partial charge is 0.204 e. The molecule has 1 aliphatic rings. The molecule has 1 aliphatic heterocycles. The van der Waals surface area contributed by atoms with Gasteiger partial charge in [0.15, 0.2) is 11.6 Å². The highest BCUT2D eigenvalue weighted by Crippen LogP contribution is 2.31. The van der Waals surface area contributed by atoms with E-state index >= 15 is 0 Å². The lowest BCUT2D eigenvalue weighted by atomic mass is 10.1. The van der Waals surface area contributed by atoms with Gasteiger partial charge >= 0.3 is 0 Å². The summed E-state index contributed by atoms with van der Waals surface area (Å²) in [6.07, 6.45) is 6.40. The molecule has 1 aromatic heterocycles. The van der Waals surface area contributed by atoms with Gasteiger partial charge in [-0.3, -0.25) is 0 Å². The summed E-state index contributed by atoms with van der Waals surface area (Å²) in [5, 5.41) is 3.28. The topological polar surface area (TPSA) is 59.5 Å². The highest BCUT2D eigenvalue weighted by Gasteiger charge is 2.20.